The highest BCUT2D eigenvalue weighted by Gasteiger charge is 2.57. The maximum absolute atomic E-state index is 11.2. The Kier molecular flexibility index (Phi) is 4.99. The third-order valence-corrected chi connectivity index (χ3v) is 8.13. The third kappa shape index (κ3) is 2.99. The normalized spacial score (nSPS) is 33.8. The van der Waals surface area contributed by atoms with Gasteiger partial charge in [-0.1, -0.05) is 66.2 Å². The van der Waals surface area contributed by atoms with E-state index in [1.165, 1.54) is 11.1 Å². The molecular weight excluding hydrogens is 400 g/mol. The average molecular weight is 429 g/mol. The van der Waals surface area contributed by atoms with Gasteiger partial charge in [0.15, 0.2) is 0 Å². The van der Waals surface area contributed by atoms with E-state index in [0.29, 0.717) is 5.92 Å². The molecule has 2 aliphatic carbocycles. The zero-order valence-corrected chi connectivity index (χ0v) is 17.7. The molecule has 0 radical (unpaired) electrons. The summed E-state index contributed by atoms with van der Waals surface area (Å²) in [6.07, 6.45) is 3.55. The van der Waals surface area contributed by atoms with Crippen LogP contribution in [0.3, 0.4) is 0 Å². The first-order valence-corrected chi connectivity index (χ1v) is 10.8. The lowest BCUT2D eigenvalue weighted by Gasteiger charge is -2.59. The number of aryl methyl sites for hydroxylation is 1. The second kappa shape index (κ2) is 7.02. The van der Waals surface area contributed by atoms with Gasteiger partial charge in [0.25, 0.3) is 0 Å². The summed E-state index contributed by atoms with van der Waals surface area (Å²) < 4.78 is 1.14. The van der Waals surface area contributed by atoms with Gasteiger partial charge in [-0.15, -0.1) is 0 Å². The lowest BCUT2D eigenvalue weighted by atomic mass is 9.46. The van der Waals surface area contributed by atoms with Gasteiger partial charge in [-0.3, -0.25) is 0 Å². The lowest BCUT2D eigenvalue weighted by molar-refractivity contribution is -0.108. The summed E-state index contributed by atoms with van der Waals surface area (Å²) in [5.74, 6) is 0.431. The van der Waals surface area contributed by atoms with E-state index in [2.05, 4.69) is 48.0 Å². The van der Waals surface area contributed by atoms with Crippen molar-refractivity contribution < 1.29 is 10.2 Å². The quantitative estimate of drug-likeness (QED) is 0.685. The van der Waals surface area contributed by atoms with E-state index in [1.54, 1.807) is 0 Å². The van der Waals surface area contributed by atoms with Crippen LogP contribution in [0.25, 0.3) is 0 Å². The van der Waals surface area contributed by atoms with Crippen LogP contribution in [0, 0.1) is 17.3 Å². The third-order valence-electron chi connectivity index (χ3n) is 7.63. The van der Waals surface area contributed by atoms with E-state index in [9.17, 15) is 10.2 Å². The second-order valence-corrected chi connectivity index (χ2v) is 9.89. The monoisotopic (exact) mass is 428 g/mol. The standard InChI is InChI=1S/C24H29BrO2/c1-23-13-12-20(22(27)16-6-4-3-5-7-16)24(2,15-26)21(23)11-8-17-14-18(25)9-10-19(17)23/h3-7,9-10,14,20-22,26-27H,8,11-13,15H2,1-2H3/t20-,21-,22+,23-,24-/m1/s1. The van der Waals surface area contributed by atoms with Crippen LogP contribution in [0.1, 0.15) is 55.9 Å². The molecule has 2 aliphatic rings. The van der Waals surface area contributed by atoms with Crippen molar-refractivity contribution in [3.8, 4) is 0 Å². The highest BCUT2D eigenvalue weighted by atomic mass is 79.9. The molecule has 4 rings (SSSR count). The molecule has 3 heteroatoms. The van der Waals surface area contributed by atoms with Crippen molar-refractivity contribution in [2.45, 2.75) is 51.0 Å². The fourth-order valence-corrected chi connectivity index (χ4v) is 6.58. The number of rotatable bonds is 3. The molecule has 27 heavy (non-hydrogen) atoms. The van der Waals surface area contributed by atoms with E-state index in [4.69, 9.17) is 0 Å². The molecule has 2 N–H and O–H groups in total. The highest BCUT2D eigenvalue weighted by Crippen LogP contribution is 2.61. The van der Waals surface area contributed by atoms with Gasteiger partial charge in [0.2, 0.25) is 0 Å². The van der Waals surface area contributed by atoms with Crippen molar-refractivity contribution in [3.05, 3.63) is 69.7 Å². The van der Waals surface area contributed by atoms with Crippen molar-refractivity contribution >= 4 is 15.9 Å². The Balaban J connectivity index is 1.73. The van der Waals surface area contributed by atoms with Crippen LogP contribution in [0.2, 0.25) is 0 Å². The zero-order chi connectivity index (χ0) is 19.2. The summed E-state index contributed by atoms with van der Waals surface area (Å²) in [7, 11) is 0. The summed E-state index contributed by atoms with van der Waals surface area (Å²) >= 11 is 3.61. The first-order valence-electron chi connectivity index (χ1n) is 10.0. The van der Waals surface area contributed by atoms with Gasteiger partial charge >= 0.3 is 0 Å². The Morgan fingerprint density at radius 1 is 1.11 bits per heavy atom. The SMILES string of the molecule is C[C@@]1(CO)[C@@H]([C@@H](O)c2ccccc2)CC[C@]2(C)c3ccc(Br)cc3CC[C@@H]12. The number of halogens is 1. The number of aliphatic hydroxyl groups is 2. The maximum Gasteiger partial charge on any atom is 0.0824 e. The largest absolute Gasteiger partial charge is 0.396 e. The average Bonchev–Trinajstić information content (AvgIpc) is 2.68. The molecule has 5 atom stereocenters. The Hall–Kier alpha value is -1.16. The Bertz CT molecular complexity index is 820. The minimum absolute atomic E-state index is 0.0542. The molecule has 2 aromatic carbocycles. The molecule has 1 saturated carbocycles. The van der Waals surface area contributed by atoms with Gasteiger partial charge in [0.1, 0.15) is 0 Å². The number of aliphatic hydroxyl groups excluding tert-OH is 2. The van der Waals surface area contributed by atoms with E-state index in [0.717, 1.165) is 35.7 Å². The van der Waals surface area contributed by atoms with E-state index in [-0.39, 0.29) is 23.4 Å². The molecule has 0 bridgehead atoms. The Labute approximate surface area is 170 Å². The van der Waals surface area contributed by atoms with Crippen LogP contribution in [0.15, 0.2) is 53.0 Å². The summed E-state index contributed by atoms with van der Waals surface area (Å²) in [6, 6.07) is 16.6. The van der Waals surface area contributed by atoms with Crippen LogP contribution in [-0.4, -0.2) is 16.8 Å². The number of hydrogen-bond acceptors (Lipinski definition) is 2. The molecule has 144 valence electrons. The highest BCUT2D eigenvalue weighted by molar-refractivity contribution is 9.10. The summed E-state index contributed by atoms with van der Waals surface area (Å²) in [5.41, 5.74) is 3.59. The Morgan fingerprint density at radius 3 is 2.56 bits per heavy atom. The molecule has 0 spiro atoms. The topological polar surface area (TPSA) is 40.5 Å². The molecule has 2 nitrogen and oxygen atoms in total. The number of hydrogen-bond donors (Lipinski definition) is 2. The van der Waals surface area contributed by atoms with Crippen LogP contribution in [0.5, 0.6) is 0 Å². The molecule has 0 amide bonds. The first-order chi connectivity index (χ1) is 12.9. The van der Waals surface area contributed by atoms with Crippen molar-refractivity contribution in [2.24, 2.45) is 17.3 Å². The first kappa shape index (κ1) is 19.2. The van der Waals surface area contributed by atoms with E-state index < -0.39 is 6.10 Å². The van der Waals surface area contributed by atoms with Gasteiger partial charge in [-0.05, 0) is 77.2 Å². The van der Waals surface area contributed by atoms with Gasteiger partial charge < -0.3 is 10.2 Å². The summed E-state index contributed by atoms with van der Waals surface area (Å²) in [5, 5.41) is 21.7. The van der Waals surface area contributed by atoms with Gasteiger partial charge in [0.05, 0.1) is 6.10 Å². The summed E-state index contributed by atoms with van der Waals surface area (Å²) in [4.78, 5) is 0. The molecule has 0 aromatic heterocycles. The zero-order valence-electron chi connectivity index (χ0n) is 16.2. The predicted molar refractivity (Wildman–Crippen MR) is 113 cm³/mol. The fourth-order valence-electron chi connectivity index (χ4n) is 6.17. The van der Waals surface area contributed by atoms with Crippen LogP contribution < -0.4 is 0 Å². The maximum atomic E-state index is 11.2. The smallest absolute Gasteiger partial charge is 0.0824 e. The Morgan fingerprint density at radius 2 is 1.85 bits per heavy atom. The van der Waals surface area contributed by atoms with Crippen LogP contribution in [0.4, 0.5) is 0 Å². The molecule has 0 aliphatic heterocycles. The fraction of sp³-hybridized carbons (Fsp3) is 0.500. The van der Waals surface area contributed by atoms with Crippen LogP contribution in [-0.2, 0) is 11.8 Å². The van der Waals surface area contributed by atoms with Gasteiger partial charge in [-0.2, -0.15) is 0 Å². The van der Waals surface area contributed by atoms with Gasteiger partial charge in [-0.25, -0.2) is 0 Å². The second-order valence-electron chi connectivity index (χ2n) is 8.97. The molecule has 0 saturated heterocycles. The minimum atomic E-state index is -0.529. The molecule has 1 fully saturated rings. The molecule has 0 heterocycles. The number of fused-ring (bicyclic) bond motifs is 3. The van der Waals surface area contributed by atoms with E-state index in [1.807, 2.05) is 30.3 Å². The van der Waals surface area contributed by atoms with Crippen molar-refractivity contribution in [3.63, 3.8) is 0 Å². The number of benzene rings is 2. The minimum Gasteiger partial charge on any atom is -0.396 e. The van der Waals surface area contributed by atoms with Crippen molar-refractivity contribution in [2.75, 3.05) is 6.61 Å². The predicted octanol–water partition coefficient (Wildman–Crippen LogP) is 5.41. The van der Waals surface area contributed by atoms with Crippen molar-refractivity contribution in [1.82, 2.24) is 0 Å². The van der Waals surface area contributed by atoms with Crippen molar-refractivity contribution in [1.29, 1.82) is 0 Å². The molecule has 2 aromatic rings. The summed E-state index contributed by atoms with van der Waals surface area (Å²) in [6.45, 7) is 4.70. The molecular formula is C24H29BrO2. The van der Waals surface area contributed by atoms with E-state index >= 15 is 0 Å². The molecule has 0 unspecified atom stereocenters. The van der Waals surface area contributed by atoms with Crippen LogP contribution >= 0.6 is 15.9 Å². The van der Waals surface area contributed by atoms with Gasteiger partial charge in [0, 0.05) is 11.1 Å². The lowest BCUT2D eigenvalue weighted by Crippen LogP contribution is -2.55.